The number of carbonyl (C=O) groups excluding carboxylic acids is 5. The molecule has 5 aromatic rings. The van der Waals surface area contributed by atoms with Gasteiger partial charge in [0.25, 0.3) is 5.91 Å². The topological polar surface area (TPSA) is 217 Å². The number of piperidine rings is 1. The number of amides is 5. The number of likely N-dealkylation sites (N-methyl/N-ethyl adjacent to an activating group) is 2. The fourth-order valence-corrected chi connectivity index (χ4v) is 9.21. The number of para-hydroxylation sites is 1. The Bertz CT molecular complexity index is 2750. The Labute approximate surface area is 428 Å². The number of hydrogen-bond acceptors (Lipinski definition) is 16. The van der Waals surface area contributed by atoms with Gasteiger partial charge in [0, 0.05) is 98.3 Å². The van der Waals surface area contributed by atoms with Crippen molar-refractivity contribution in [2.24, 2.45) is 7.05 Å². The van der Waals surface area contributed by atoms with Gasteiger partial charge in [0.15, 0.2) is 0 Å². The number of aromatic nitrogens is 3. The maximum Gasteiger partial charge on any atom is 0.255 e. The Balaban J connectivity index is 0.732. The van der Waals surface area contributed by atoms with E-state index in [2.05, 4.69) is 44.2 Å². The van der Waals surface area contributed by atoms with Crippen LogP contribution in [0.25, 0.3) is 22.2 Å². The lowest BCUT2D eigenvalue weighted by molar-refractivity contribution is -0.137. The van der Waals surface area contributed by atoms with Crippen LogP contribution in [-0.2, 0) is 56.5 Å². The second-order valence-corrected chi connectivity index (χ2v) is 18.2. The van der Waals surface area contributed by atoms with Gasteiger partial charge < -0.3 is 58.3 Å². The van der Waals surface area contributed by atoms with Gasteiger partial charge >= 0.3 is 0 Å². The van der Waals surface area contributed by atoms with Crippen LogP contribution in [0.3, 0.4) is 0 Å². The molecule has 21 heteroatoms. The van der Waals surface area contributed by atoms with E-state index in [1.165, 1.54) is 6.08 Å². The smallest absolute Gasteiger partial charge is 0.255 e. The number of carbonyl (C=O) groups is 5. The van der Waals surface area contributed by atoms with Gasteiger partial charge in [-0.3, -0.25) is 29.3 Å². The molecular weight excluding hydrogens is 959 g/mol. The molecule has 1 saturated heterocycles. The van der Waals surface area contributed by atoms with Crippen molar-refractivity contribution in [2.75, 3.05) is 122 Å². The van der Waals surface area contributed by atoms with E-state index in [9.17, 15) is 24.0 Å². The van der Waals surface area contributed by atoms with Gasteiger partial charge in [0.1, 0.15) is 18.4 Å². The van der Waals surface area contributed by atoms with Crippen molar-refractivity contribution < 1.29 is 52.4 Å². The third kappa shape index (κ3) is 14.4. The number of methoxy groups -OCH3 is 1. The average molecular weight is 1020 g/mol. The molecule has 3 aromatic carbocycles. The molecule has 3 N–H and O–H groups in total. The molecule has 1 atom stereocenters. The highest BCUT2D eigenvalue weighted by Gasteiger charge is 2.40. The van der Waals surface area contributed by atoms with E-state index in [-0.39, 0.29) is 37.4 Å². The molecule has 20 nitrogen and oxygen atoms in total. The number of hydrogen-bond donors (Lipinski definition) is 3. The average Bonchev–Trinajstić information content (AvgIpc) is 3.92. The number of nitrogens with one attached hydrogen (secondary N) is 3. The first kappa shape index (κ1) is 53.9. The summed E-state index contributed by atoms with van der Waals surface area (Å²) in [6.07, 6.45) is 5.47. The lowest BCUT2D eigenvalue weighted by atomic mass is 10.0. The van der Waals surface area contributed by atoms with Crippen LogP contribution in [0.4, 0.5) is 23.0 Å². The SMILES string of the molecule is C=CC(=O)Nc1cc(Nc2nccc(-c3cn(C)c4ccccc34)n2)c(OC)cc1N(C)CCN(C)C(=O)COCCOCCOCCOCCOCCSc1cccc2c1CN(C1CCC(=O)NC1=O)C2=O. The zero-order valence-electron chi connectivity index (χ0n) is 41.7. The molecule has 0 spiro atoms. The first-order chi connectivity index (χ1) is 35.4. The van der Waals surface area contributed by atoms with E-state index in [1.54, 1.807) is 60.1 Å². The molecule has 388 valence electrons. The highest BCUT2D eigenvalue weighted by Crippen LogP contribution is 2.39. The molecule has 0 radical (unpaired) electrons. The van der Waals surface area contributed by atoms with Gasteiger partial charge in [0.05, 0.1) is 89.3 Å². The first-order valence-electron chi connectivity index (χ1n) is 24.0. The number of imide groups is 1. The van der Waals surface area contributed by atoms with Crippen molar-refractivity contribution in [3.8, 4) is 17.0 Å². The summed E-state index contributed by atoms with van der Waals surface area (Å²) in [5, 5.41) is 9.57. The Morgan fingerprint density at radius 3 is 2.30 bits per heavy atom. The molecule has 73 heavy (non-hydrogen) atoms. The number of ether oxygens (including phenoxy) is 6. The predicted molar refractivity (Wildman–Crippen MR) is 277 cm³/mol. The van der Waals surface area contributed by atoms with Gasteiger partial charge in [-0.05, 0) is 48.4 Å². The molecule has 2 aliphatic heterocycles. The fraction of sp³-hybridized carbons (Fsp3) is 0.404. The van der Waals surface area contributed by atoms with E-state index >= 15 is 0 Å². The number of thioether (sulfide) groups is 1. The second-order valence-electron chi connectivity index (χ2n) is 17.1. The molecule has 7 rings (SSSR count). The van der Waals surface area contributed by atoms with E-state index in [0.717, 1.165) is 32.6 Å². The van der Waals surface area contributed by atoms with Crippen LogP contribution in [0, 0.1) is 0 Å². The van der Waals surface area contributed by atoms with E-state index in [1.807, 2.05) is 55.5 Å². The van der Waals surface area contributed by atoms with Gasteiger partial charge in [0.2, 0.25) is 29.6 Å². The first-order valence-corrected chi connectivity index (χ1v) is 25.0. The van der Waals surface area contributed by atoms with Gasteiger partial charge in [-0.15, -0.1) is 11.8 Å². The number of aryl methyl sites for hydroxylation is 1. The summed E-state index contributed by atoms with van der Waals surface area (Å²) in [7, 11) is 7.11. The minimum atomic E-state index is -0.642. The Hall–Kier alpha value is -6.88. The third-order valence-corrected chi connectivity index (χ3v) is 13.2. The van der Waals surface area contributed by atoms with Crippen LogP contribution < -0.4 is 25.6 Å². The minimum absolute atomic E-state index is 0.109. The molecule has 2 aromatic heterocycles. The second kappa shape index (κ2) is 26.7. The molecule has 0 bridgehead atoms. The van der Waals surface area contributed by atoms with Crippen molar-refractivity contribution in [3.63, 3.8) is 0 Å². The third-order valence-electron chi connectivity index (χ3n) is 12.2. The number of anilines is 4. The zero-order valence-corrected chi connectivity index (χ0v) is 42.5. The number of rotatable bonds is 29. The number of fused-ring (bicyclic) bond motifs is 2. The molecule has 5 amide bonds. The summed E-state index contributed by atoms with van der Waals surface area (Å²) in [6.45, 7) is 8.06. The summed E-state index contributed by atoms with van der Waals surface area (Å²) in [5.41, 5.74) is 5.96. The normalized spacial score (nSPS) is 14.3. The van der Waals surface area contributed by atoms with Crippen molar-refractivity contribution in [2.45, 2.75) is 30.3 Å². The minimum Gasteiger partial charge on any atom is -0.494 e. The van der Waals surface area contributed by atoms with Crippen LogP contribution in [0.1, 0.15) is 28.8 Å². The Morgan fingerprint density at radius 2 is 1.59 bits per heavy atom. The van der Waals surface area contributed by atoms with Gasteiger partial charge in [-0.2, -0.15) is 0 Å². The van der Waals surface area contributed by atoms with Crippen LogP contribution in [0.5, 0.6) is 5.75 Å². The largest absolute Gasteiger partial charge is 0.494 e. The van der Waals surface area contributed by atoms with E-state index < -0.39 is 17.9 Å². The van der Waals surface area contributed by atoms with Crippen molar-refractivity contribution in [3.05, 3.63) is 96.8 Å². The van der Waals surface area contributed by atoms with Crippen molar-refractivity contribution >= 4 is 75.2 Å². The highest BCUT2D eigenvalue weighted by atomic mass is 32.2. The van der Waals surface area contributed by atoms with Crippen LogP contribution in [0.2, 0.25) is 0 Å². The standard InChI is InChI=1S/C52H63N9O11S/c1-6-47(62)54-40-30-41(56-52-53-17-16-39(55-52)37-32-60(4)42-12-8-7-10-35(37)42)45(67-5)31-44(40)58(2)18-19-59(3)49(64)34-72-27-26-70-23-22-68-20-21-69-24-25-71-28-29-73-46-13-9-11-36-38(46)33-61(51(36)66)43-14-15-48(63)57-50(43)65/h6-13,16-17,30-32,43H,1,14-15,18-29,33-34H2,2-5H3,(H,54,62)(H,53,55,56)(H,57,63,65). The summed E-state index contributed by atoms with van der Waals surface area (Å²) in [6, 6.07) is 18.5. The summed E-state index contributed by atoms with van der Waals surface area (Å²) >= 11 is 1.59. The molecule has 0 aliphatic carbocycles. The monoisotopic (exact) mass is 1020 g/mol. The predicted octanol–water partition coefficient (Wildman–Crippen LogP) is 5.04. The fourth-order valence-electron chi connectivity index (χ4n) is 8.27. The lowest BCUT2D eigenvalue weighted by Crippen LogP contribution is -2.52. The van der Waals surface area contributed by atoms with Crippen molar-refractivity contribution in [1.29, 1.82) is 0 Å². The molecule has 2 aliphatic rings. The maximum atomic E-state index is 13.1. The molecule has 4 heterocycles. The van der Waals surface area contributed by atoms with E-state index in [0.29, 0.717) is 119 Å². The summed E-state index contributed by atoms with van der Waals surface area (Å²) in [4.78, 5) is 77.8. The van der Waals surface area contributed by atoms with E-state index in [4.69, 9.17) is 33.4 Å². The van der Waals surface area contributed by atoms with Gasteiger partial charge in [-0.25, -0.2) is 9.97 Å². The van der Waals surface area contributed by atoms with Crippen LogP contribution in [0.15, 0.2) is 90.6 Å². The quantitative estimate of drug-likeness (QED) is 0.0247. The number of nitrogens with zero attached hydrogens (tertiary/aromatic N) is 6. The lowest BCUT2D eigenvalue weighted by Gasteiger charge is -2.29. The molecule has 0 saturated carbocycles. The van der Waals surface area contributed by atoms with Crippen LogP contribution >= 0.6 is 11.8 Å². The molecule has 1 fully saturated rings. The Kier molecular flexibility index (Phi) is 19.7. The highest BCUT2D eigenvalue weighted by molar-refractivity contribution is 7.99. The molecular formula is C52H63N9O11S. The summed E-state index contributed by atoms with van der Waals surface area (Å²) < 4.78 is 35.9. The van der Waals surface area contributed by atoms with Crippen LogP contribution in [-0.4, -0.2) is 166 Å². The maximum absolute atomic E-state index is 13.1. The van der Waals surface area contributed by atoms with Gasteiger partial charge in [-0.1, -0.05) is 30.8 Å². The molecule has 1 unspecified atom stereocenters. The summed E-state index contributed by atoms with van der Waals surface area (Å²) in [5.74, 6) is 0.0000437. The number of benzene rings is 3. The Morgan fingerprint density at radius 1 is 0.877 bits per heavy atom. The zero-order chi connectivity index (χ0) is 51.7. The van der Waals surface area contributed by atoms with Crippen molar-refractivity contribution in [1.82, 2.24) is 29.7 Å².